The van der Waals surface area contributed by atoms with E-state index in [1.54, 1.807) is 0 Å². The molecule has 5 heteroatoms. The summed E-state index contributed by atoms with van der Waals surface area (Å²) in [5.74, 6) is -0.615. The van der Waals surface area contributed by atoms with Crippen molar-refractivity contribution in [2.75, 3.05) is 13.2 Å². The van der Waals surface area contributed by atoms with Gasteiger partial charge in [0, 0.05) is 12.8 Å². The third-order valence-electron chi connectivity index (χ3n) is 9.23. The fourth-order valence-corrected chi connectivity index (χ4v) is 5.93. The Morgan fingerprint density at radius 1 is 0.453 bits per heavy atom. The topological polar surface area (TPSA) is 72.8 Å². The van der Waals surface area contributed by atoms with E-state index in [-0.39, 0.29) is 25.2 Å². The average Bonchev–Trinajstić information content (AvgIpc) is 3.16. The molecule has 0 radical (unpaired) electrons. The number of esters is 2. The van der Waals surface area contributed by atoms with Gasteiger partial charge in [-0.1, -0.05) is 177 Å². The molecule has 0 aliphatic carbocycles. The van der Waals surface area contributed by atoms with Crippen molar-refractivity contribution in [1.29, 1.82) is 0 Å². The Balaban J connectivity index is 3.60. The van der Waals surface area contributed by atoms with Crippen LogP contribution in [0.2, 0.25) is 0 Å². The Kier molecular flexibility index (Phi) is 41.5. The van der Waals surface area contributed by atoms with Gasteiger partial charge in [0.15, 0.2) is 6.10 Å². The van der Waals surface area contributed by atoms with Gasteiger partial charge in [0.2, 0.25) is 0 Å². The number of rotatable bonds is 39. The Bertz CT molecular complexity index is 972. The highest BCUT2D eigenvalue weighted by Gasteiger charge is 2.16. The van der Waals surface area contributed by atoms with Crippen molar-refractivity contribution in [3.63, 3.8) is 0 Å². The largest absolute Gasteiger partial charge is 0.462 e. The first-order valence-corrected chi connectivity index (χ1v) is 22.0. The second-order valence-corrected chi connectivity index (χ2v) is 14.4. The van der Waals surface area contributed by atoms with Gasteiger partial charge in [-0.15, -0.1) is 0 Å². The van der Waals surface area contributed by atoms with Crippen molar-refractivity contribution in [2.24, 2.45) is 0 Å². The molecule has 53 heavy (non-hydrogen) atoms. The van der Waals surface area contributed by atoms with E-state index in [9.17, 15) is 14.7 Å². The number of ether oxygens (including phenoxy) is 2. The predicted octanol–water partition coefficient (Wildman–Crippen LogP) is 14.1. The van der Waals surface area contributed by atoms with Crippen LogP contribution in [-0.4, -0.2) is 36.4 Å². The van der Waals surface area contributed by atoms with E-state index >= 15 is 0 Å². The minimum Gasteiger partial charge on any atom is -0.462 e. The molecule has 0 bridgehead atoms. The molecule has 0 amide bonds. The van der Waals surface area contributed by atoms with Gasteiger partial charge < -0.3 is 14.6 Å². The summed E-state index contributed by atoms with van der Waals surface area (Å²) in [6, 6.07) is 0. The molecular formula is C48H82O5. The normalized spacial score (nSPS) is 12.9. The number of unbranched alkanes of at least 4 members (excludes halogenated alkanes) is 19. The summed E-state index contributed by atoms with van der Waals surface area (Å²) in [7, 11) is 0. The molecule has 1 atom stereocenters. The highest BCUT2D eigenvalue weighted by molar-refractivity contribution is 5.70. The molecule has 0 rings (SSSR count). The molecular weight excluding hydrogens is 657 g/mol. The second kappa shape index (κ2) is 43.7. The van der Waals surface area contributed by atoms with Crippen LogP contribution in [0.5, 0.6) is 0 Å². The van der Waals surface area contributed by atoms with Crippen molar-refractivity contribution >= 4 is 11.9 Å². The van der Waals surface area contributed by atoms with Gasteiger partial charge in [0.05, 0.1) is 6.61 Å². The summed E-state index contributed by atoms with van der Waals surface area (Å²) in [5, 5.41) is 9.58. The Labute approximate surface area is 327 Å². The zero-order valence-electron chi connectivity index (χ0n) is 34.5. The number of hydrogen-bond donors (Lipinski definition) is 1. The van der Waals surface area contributed by atoms with Crippen LogP contribution in [0.1, 0.15) is 200 Å². The highest BCUT2D eigenvalue weighted by Crippen LogP contribution is 2.13. The van der Waals surface area contributed by atoms with E-state index in [0.29, 0.717) is 12.8 Å². The van der Waals surface area contributed by atoms with Gasteiger partial charge >= 0.3 is 11.9 Å². The summed E-state index contributed by atoms with van der Waals surface area (Å²) in [6.45, 7) is 4.00. The Hall–Kier alpha value is -2.66. The highest BCUT2D eigenvalue weighted by atomic mass is 16.6. The number of carbonyl (C=O) groups excluding carboxylic acids is 2. The summed E-state index contributed by atoms with van der Waals surface area (Å²) in [6.07, 6.45) is 58.2. The van der Waals surface area contributed by atoms with E-state index < -0.39 is 6.10 Å². The van der Waals surface area contributed by atoms with Crippen molar-refractivity contribution < 1.29 is 24.2 Å². The maximum atomic E-state index is 12.2. The third kappa shape index (κ3) is 42.0. The van der Waals surface area contributed by atoms with Crippen molar-refractivity contribution in [3.05, 3.63) is 72.9 Å². The van der Waals surface area contributed by atoms with Crippen LogP contribution in [0.3, 0.4) is 0 Å². The van der Waals surface area contributed by atoms with Gasteiger partial charge in [-0.2, -0.15) is 0 Å². The summed E-state index contributed by atoms with van der Waals surface area (Å²) < 4.78 is 10.6. The van der Waals surface area contributed by atoms with E-state index in [4.69, 9.17) is 9.47 Å². The van der Waals surface area contributed by atoms with Gasteiger partial charge in [0.25, 0.3) is 0 Å². The molecule has 0 aliphatic rings. The zero-order chi connectivity index (χ0) is 38.6. The molecule has 0 aliphatic heterocycles. The molecule has 0 spiro atoms. The molecule has 0 fully saturated rings. The van der Waals surface area contributed by atoms with Crippen LogP contribution < -0.4 is 0 Å². The first kappa shape index (κ1) is 50.3. The Morgan fingerprint density at radius 3 is 1.25 bits per heavy atom. The lowest BCUT2D eigenvalue weighted by molar-refractivity contribution is -0.161. The van der Waals surface area contributed by atoms with Gasteiger partial charge in [-0.3, -0.25) is 9.59 Å². The van der Waals surface area contributed by atoms with Crippen LogP contribution in [-0.2, 0) is 19.1 Å². The Morgan fingerprint density at radius 2 is 0.811 bits per heavy atom. The maximum absolute atomic E-state index is 12.2. The predicted molar refractivity (Wildman–Crippen MR) is 228 cm³/mol. The molecule has 1 N–H and O–H groups in total. The number of carbonyl (C=O) groups is 2. The molecule has 0 aromatic heterocycles. The van der Waals surface area contributed by atoms with Crippen LogP contribution in [0.25, 0.3) is 0 Å². The van der Waals surface area contributed by atoms with Crippen molar-refractivity contribution in [3.8, 4) is 0 Å². The number of aliphatic hydroxyl groups excluding tert-OH is 1. The molecule has 0 aromatic carbocycles. The fourth-order valence-electron chi connectivity index (χ4n) is 5.93. The first-order valence-electron chi connectivity index (χ1n) is 22.0. The molecule has 304 valence electrons. The molecule has 1 unspecified atom stereocenters. The second-order valence-electron chi connectivity index (χ2n) is 14.4. The van der Waals surface area contributed by atoms with E-state index in [0.717, 1.165) is 83.5 Å². The van der Waals surface area contributed by atoms with Gasteiger partial charge in [-0.05, 0) is 83.5 Å². The number of allylic oxidation sites excluding steroid dienone is 12. The molecule has 0 heterocycles. The van der Waals surface area contributed by atoms with E-state index in [1.165, 1.54) is 89.9 Å². The lowest BCUT2D eigenvalue weighted by Crippen LogP contribution is -2.28. The first-order chi connectivity index (χ1) is 26.1. The molecule has 0 aromatic rings. The van der Waals surface area contributed by atoms with Gasteiger partial charge in [0.1, 0.15) is 6.61 Å². The lowest BCUT2D eigenvalue weighted by Gasteiger charge is -2.15. The minimum atomic E-state index is -0.784. The minimum absolute atomic E-state index is 0.0775. The fraction of sp³-hybridized carbons (Fsp3) is 0.708. The van der Waals surface area contributed by atoms with Crippen molar-refractivity contribution in [2.45, 2.75) is 206 Å². The van der Waals surface area contributed by atoms with Crippen LogP contribution in [0.4, 0.5) is 0 Å². The molecule has 5 nitrogen and oxygen atoms in total. The zero-order valence-corrected chi connectivity index (χ0v) is 34.5. The third-order valence-corrected chi connectivity index (χ3v) is 9.23. The summed E-state index contributed by atoms with van der Waals surface area (Å²) in [5.41, 5.74) is 0. The van der Waals surface area contributed by atoms with Crippen LogP contribution in [0, 0.1) is 0 Å². The van der Waals surface area contributed by atoms with E-state index in [1.807, 2.05) is 0 Å². The average molecular weight is 739 g/mol. The van der Waals surface area contributed by atoms with E-state index in [2.05, 4.69) is 86.8 Å². The smallest absolute Gasteiger partial charge is 0.306 e. The quantitative estimate of drug-likeness (QED) is 0.0386. The lowest BCUT2D eigenvalue weighted by atomic mass is 10.1. The molecule has 0 saturated carbocycles. The standard InChI is InChI=1S/C48H82O5/c1-3-5-7-9-11-13-15-17-19-21-22-23-24-25-26-27-29-31-33-35-37-39-41-43-48(51)53-46(44-49)45-52-47(50)42-40-38-36-34-32-30-28-20-18-16-14-12-10-8-6-4-2/h5,7,11,13,17,19-20,22-23,25-26,28,46,49H,3-4,6,8-10,12,14-16,18,21,24,27,29-45H2,1-2H3/b7-5-,13-11-,19-17-,23-22-,26-25-,28-20-. The van der Waals surface area contributed by atoms with Gasteiger partial charge in [-0.25, -0.2) is 0 Å². The monoisotopic (exact) mass is 739 g/mol. The van der Waals surface area contributed by atoms with Crippen LogP contribution in [0.15, 0.2) is 72.9 Å². The summed E-state index contributed by atoms with van der Waals surface area (Å²) >= 11 is 0. The van der Waals surface area contributed by atoms with Crippen molar-refractivity contribution in [1.82, 2.24) is 0 Å². The molecule has 0 saturated heterocycles. The van der Waals surface area contributed by atoms with Crippen LogP contribution >= 0.6 is 0 Å². The number of aliphatic hydroxyl groups is 1. The number of hydrogen-bond acceptors (Lipinski definition) is 5. The summed E-state index contributed by atoms with van der Waals surface area (Å²) in [4.78, 5) is 24.3. The maximum Gasteiger partial charge on any atom is 0.306 e. The SMILES string of the molecule is CC/C=C\C/C=C\C/C=C\C/C=C\C/C=C\CCCCCCCCCC(=O)OC(CO)COC(=O)CCCCCCC/C=C\CCCCCCCCC.